The lowest BCUT2D eigenvalue weighted by Crippen LogP contribution is -2.42. The van der Waals surface area contributed by atoms with E-state index in [0.29, 0.717) is 0 Å². The predicted octanol–water partition coefficient (Wildman–Crippen LogP) is 1.89. The van der Waals surface area contributed by atoms with Gasteiger partial charge < -0.3 is 15.4 Å². The van der Waals surface area contributed by atoms with Crippen LogP contribution in [0.4, 0.5) is 0 Å². The molecule has 1 saturated heterocycles. The third-order valence-corrected chi connectivity index (χ3v) is 3.11. The zero-order valence-corrected chi connectivity index (χ0v) is 10.4. The van der Waals surface area contributed by atoms with Gasteiger partial charge in [-0.25, -0.2) is 0 Å². The SMILES string of the molecule is COc1c(C)cc(Cl)cc1C1CNCCN1. The first-order valence-electron chi connectivity index (χ1n) is 5.50. The van der Waals surface area contributed by atoms with Crippen LogP contribution in [0.3, 0.4) is 0 Å². The third-order valence-electron chi connectivity index (χ3n) is 2.89. The van der Waals surface area contributed by atoms with Crippen molar-refractivity contribution in [1.82, 2.24) is 10.6 Å². The maximum absolute atomic E-state index is 6.09. The van der Waals surface area contributed by atoms with Gasteiger partial charge >= 0.3 is 0 Å². The predicted molar refractivity (Wildman–Crippen MR) is 66.4 cm³/mol. The molecule has 3 nitrogen and oxygen atoms in total. The molecular weight excluding hydrogens is 224 g/mol. The number of methoxy groups -OCH3 is 1. The summed E-state index contributed by atoms with van der Waals surface area (Å²) >= 11 is 6.09. The molecule has 0 amide bonds. The molecule has 1 aliphatic heterocycles. The van der Waals surface area contributed by atoms with Crippen molar-refractivity contribution in [2.45, 2.75) is 13.0 Å². The van der Waals surface area contributed by atoms with Gasteiger partial charge in [0.25, 0.3) is 0 Å². The number of ether oxygens (including phenoxy) is 1. The number of hydrogen-bond donors (Lipinski definition) is 2. The Bertz CT molecular complexity index is 376. The Morgan fingerprint density at radius 1 is 1.38 bits per heavy atom. The molecule has 0 aliphatic carbocycles. The second-order valence-electron chi connectivity index (χ2n) is 4.06. The molecule has 0 bridgehead atoms. The summed E-state index contributed by atoms with van der Waals surface area (Å²) < 4.78 is 5.46. The van der Waals surface area contributed by atoms with Crippen LogP contribution in [0.1, 0.15) is 17.2 Å². The molecule has 0 spiro atoms. The Labute approximate surface area is 101 Å². The first-order chi connectivity index (χ1) is 7.72. The molecule has 1 aliphatic rings. The fraction of sp³-hybridized carbons (Fsp3) is 0.500. The average Bonchev–Trinajstić information content (AvgIpc) is 2.29. The van der Waals surface area contributed by atoms with E-state index < -0.39 is 0 Å². The summed E-state index contributed by atoms with van der Waals surface area (Å²) in [5.41, 5.74) is 2.22. The molecule has 2 N–H and O–H groups in total. The Morgan fingerprint density at radius 3 is 2.81 bits per heavy atom. The zero-order valence-electron chi connectivity index (χ0n) is 9.64. The number of rotatable bonds is 2. The van der Waals surface area contributed by atoms with E-state index in [9.17, 15) is 0 Å². The number of nitrogens with one attached hydrogen (secondary N) is 2. The average molecular weight is 241 g/mol. The molecule has 0 radical (unpaired) electrons. The fourth-order valence-corrected chi connectivity index (χ4v) is 2.45. The van der Waals surface area contributed by atoms with E-state index in [0.717, 1.165) is 41.5 Å². The second-order valence-corrected chi connectivity index (χ2v) is 4.49. The Hall–Kier alpha value is -0.770. The standard InChI is InChI=1S/C12H17ClN2O/c1-8-5-9(13)6-10(12(8)16-2)11-7-14-3-4-15-11/h5-6,11,14-15H,3-4,7H2,1-2H3. The van der Waals surface area contributed by atoms with Crippen LogP contribution in [-0.2, 0) is 0 Å². The minimum absolute atomic E-state index is 0.279. The van der Waals surface area contributed by atoms with Gasteiger partial charge in [0.2, 0.25) is 0 Å². The van der Waals surface area contributed by atoms with Crippen molar-refractivity contribution in [3.05, 3.63) is 28.3 Å². The summed E-state index contributed by atoms with van der Waals surface area (Å²) in [5, 5.41) is 7.59. The highest BCUT2D eigenvalue weighted by molar-refractivity contribution is 6.30. The maximum Gasteiger partial charge on any atom is 0.126 e. The second kappa shape index (κ2) is 5.04. The summed E-state index contributed by atoms with van der Waals surface area (Å²) in [6.45, 7) is 4.92. The number of halogens is 1. The van der Waals surface area contributed by atoms with E-state index in [2.05, 4.69) is 10.6 Å². The largest absolute Gasteiger partial charge is 0.496 e. The van der Waals surface area contributed by atoms with E-state index in [4.69, 9.17) is 16.3 Å². The van der Waals surface area contributed by atoms with Gasteiger partial charge in [0.05, 0.1) is 7.11 Å². The molecular formula is C12H17ClN2O. The summed E-state index contributed by atoms with van der Waals surface area (Å²) in [6.07, 6.45) is 0. The smallest absolute Gasteiger partial charge is 0.126 e. The Morgan fingerprint density at radius 2 is 2.19 bits per heavy atom. The molecule has 0 saturated carbocycles. The molecule has 0 aromatic heterocycles. The van der Waals surface area contributed by atoms with Gasteiger partial charge in [-0.1, -0.05) is 11.6 Å². The minimum atomic E-state index is 0.279. The van der Waals surface area contributed by atoms with E-state index in [1.165, 1.54) is 0 Å². The van der Waals surface area contributed by atoms with Crippen molar-refractivity contribution in [2.24, 2.45) is 0 Å². The normalized spacial score (nSPS) is 20.8. The minimum Gasteiger partial charge on any atom is -0.496 e. The first kappa shape index (κ1) is 11.7. The monoisotopic (exact) mass is 240 g/mol. The van der Waals surface area contributed by atoms with E-state index in [1.807, 2.05) is 19.1 Å². The molecule has 1 fully saturated rings. The first-order valence-corrected chi connectivity index (χ1v) is 5.88. The Kier molecular flexibility index (Phi) is 3.69. The molecule has 2 rings (SSSR count). The maximum atomic E-state index is 6.09. The van der Waals surface area contributed by atoms with Crippen LogP contribution in [0.2, 0.25) is 5.02 Å². The van der Waals surface area contributed by atoms with Crippen molar-refractivity contribution in [1.29, 1.82) is 0 Å². The topological polar surface area (TPSA) is 33.3 Å². The van der Waals surface area contributed by atoms with Crippen molar-refractivity contribution < 1.29 is 4.74 Å². The van der Waals surface area contributed by atoms with Crippen molar-refractivity contribution >= 4 is 11.6 Å². The molecule has 4 heteroatoms. The van der Waals surface area contributed by atoms with Gasteiger partial charge in [0.15, 0.2) is 0 Å². The highest BCUT2D eigenvalue weighted by Gasteiger charge is 2.19. The van der Waals surface area contributed by atoms with Crippen molar-refractivity contribution in [3.63, 3.8) is 0 Å². The Balaban J connectivity index is 2.36. The molecule has 1 atom stereocenters. The molecule has 1 aromatic rings. The summed E-state index contributed by atoms with van der Waals surface area (Å²) in [4.78, 5) is 0. The van der Waals surface area contributed by atoms with Crippen LogP contribution in [0, 0.1) is 6.92 Å². The summed E-state index contributed by atoms with van der Waals surface area (Å²) in [6, 6.07) is 4.19. The van der Waals surface area contributed by atoms with Crippen LogP contribution in [-0.4, -0.2) is 26.7 Å². The number of aryl methyl sites for hydroxylation is 1. The van der Waals surface area contributed by atoms with Gasteiger partial charge in [-0.05, 0) is 24.6 Å². The molecule has 16 heavy (non-hydrogen) atoms. The van der Waals surface area contributed by atoms with E-state index >= 15 is 0 Å². The molecule has 1 unspecified atom stereocenters. The third kappa shape index (κ3) is 2.32. The lowest BCUT2D eigenvalue weighted by atomic mass is 10.0. The molecule has 1 aromatic carbocycles. The van der Waals surface area contributed by atoms with Crippen molar-refractivity contribution in [2.75, 3.05) is 26.7 Å². The van der Waals surface area contributed by atoms with Crippen LogP contribution >= 0.6 is 11.6 Å². The fourth-order valence-electron chi connectivity index (χ4n) is 2.17. The van der Waals surface area contributed by atoms with Crippen molar-refractivity contribution in [3.8, 4) is 5.75 Å². The quantitative estimate of drug-likeness (QED) is 0.829. The van der Waals surface area contributed by atoms with Crippen LogP contribution in [0.25, 0.3) is 0 Å². The van der Waals surface area contributed by atoms with Crippen LogP contribution < -0.4 is 15.4 Å². The van der Waals surface area contributed by atoms with E-state index in [1.54, 1.807) is 7.11 Å². The van der Waals surface area contributed by atoms with Gasteiger partial charge in [0, 0.05) is 36.3 Å². The number of hydrogen-bond acceptors (Lipinski definition) is 3. The van der Waals surface area contributed by atoms with Gasteiger partial charge in [-0.3, -0.25) is 0 Å². The lowest BCUT2D eigenvalue weighted by Gasteiger charge is -2.27. The van der Waals surface area contributed by atoms with Gasteiger partial charge in [-0.15, -0.1) is 0 Å². The number of piperazine rings is 1. The summed E-state index contributed by atoms with van der Waals surface area (Å²) in [5.74, 6) is 0.936. The lowest BCUT2D eigenvalue weighted by molar-refractivity contribution is 0.379. The highest BCUT2D eigenvalue weighted by Crippen LogP contribution is 2.32. The zero-order chi connectivity index (χ0) is 11.5. The molecule has 1 heterocycles. The van der Waals surface area contributed by atoms with Gasteiger partial charge in [0.1, 0.15) is 5.75 Å². The van der Waals surface area contributed by atoms with Crippen LogP contribution in [0.15, 0.2) is 12.1 Å². The summed E-state index contributed by atoms with van der Waals surface area (Å²) in [7, 11) is 1.70. The molecule has 88 valence electrons. The van der Waals surface area contributed by atoms with Gasteiger partial charge in [-0.2, -0.15) is 0 Å². The van der Waals surface area contributed by atoms with Crippen LogP contribution in [0.5, 0.6) is 5.75 Å². The highest BCUT2D eigenvalue weighted by atomic mass is 35.5. The number of benzene rings is 1. The van der Waals surface area contributed by atoms with E-state index in [-0.39, 0.29) is 6.04 Å².